The Hall–Kier alpha value is -1.56. The van der Waals surface area contributed by atoms with Gasteiger partial charge < -0.3 is 5.32 Å². The second kappa shape index (κ2) is 8.05. The van der Waals surface area contributed by atoms with Crippen LogP contribution in [-0.4, -0.2) is 70.4 Å². The number of likely N-dealkylation sites (tertiary alicyclic amines) is 1. The van der Waals surface area contributed by atoms with Gasteiger partial charge in [0, 0.05) is 6.04 Å². The number of rotatable bonds is 6. The lowest BCUT2D eigenvalue weighted by Crippen LogP contribution is -2.54. The minimum absolute atomic E-state index is 0.0206. The fourth-order valence-electron chi connectivity index (χ4n) is 3.72. The Bertz CT molecular complexity index is 945. The van der Waals surface area contributed by atoms with E-state index in [9.17, 15) is 26.0 Å². The number of sulfone groups is 1. The molecular formula is C17H24FN3O5S2. The van der Waals surface area contributed by atoms with Gasteiger partial charge in [0.2, 0.25) is 15.9 Å². The van der Waals surface area contributed by atoms with Gasteiger partial charge in [-0.2, -0.15) is 4.72 Å². The third-order valence-electron chi connectivity index (χ3n) is 5.11. The summed E-state index contributed by atoms with van der Waals surface area (Å²) in [6.45, 7) is 2.89. The maximum Gasteiger partial charge on any atom is 0.244 e. The molecule has 0 bridgehead atoms. The largest absolute Gasteiger partial charge is 0.349 e. The predicted molar refractivity (Wildman–Crippen MR) is 101 cm³/mol. The zero-order chi connectivity index (χ0) is 20.5. The zero-order valence-corrected chi connectivity index (χ0v) is 17.1. The first kappa shape index (κ1) is 21.2. The average Bonchev–Trinajstić information content (AvgIpc) is 3.22. The molecule has 2 heterocycles. The first-order valence-electron chi connectivity index (χ1n) is 9.11. The third kappa shape index (κ3) is 4.70. The molecule has 1 amide bonds. The van der Waals surface area contributed by atoms with Crippen molar-refractivity contribution < 1.29 is 26.0 Å². The first-order chi connectivity index (χ1) is 13.1. The quantitative estimate of drug-likeness (QED) is 0.646. The molecule has 3 atom stereocenters. The van der Waals surface area contributed by atoms with Gasteiger partial charge in [-0.25, -0.2) is 21.2 Å². The highest BCUT2D eigenvalue weighted by Crippen LogP contribution is 2.23. The maximum atomic E-state index is 13.8. The van der Waals surface area contributed by atoms with Crippen LogP contribution in [0.1, 0.15) is 19.8 Å². The van der Waals surface area contributed by atoms with E-state index in [0.29, 0.717) is 0 Å². The van der Waals surface area contributed by atoms with E-state index in [1.54, 1.807) is 0 Å². The van der Waals surface area contributed by atoms with Gasteiger partial charge in [0.05, 0.1) is 23.6 Å². The van der Waals surface area contributed by atoms with Gasteiger partial charge in [-0.3, -0.25) is 9.69 Å². The van der Waals surface area contributed by atoms with E-state index >= 15 is 0 Å². The number of sulfonamides is 1. The Labute approximate surface area is 164 Å². The van der Waals surface area contributed by atoms with Gasteiger partial charge in [0.15, 0.2) is 9.84 Å². The van der Waals surface area contributed by atoms with Crippen LogP contribution in [0.25, 0.3) is 0 Å². The van der Waals surface area contributed by atoms with E-state index in [2.05, 4.69) is 14.9 Å². The van der Waals surface area contributed by atoms with Crippen LogP contribution < -0.4 is 10.0 Å². The van der Waals surface area contributed by atoms with E-state index in [-0.39, 0.29) is 17.5 Å². The van der Waals surface area contributed by atoms with Crippen LogP contribution >= 0.6 is 0 Å². The number of carbonyl (C=O) groups is 1. The van der Waals surface area contributed by atoms with Crippen molar-refractivity contribution in [1.29, 1.82) is 0 Å². The molecule has 0 aliphatic carbocycles. The second-order valence-electron chi connectivity index (χ2n) is 7.28. The standard InChI is InChI=1S/C17H24FN3O5S2/c1-12(20-28(25,26)16-7-3-2-6-13(16)18)17(22)19-14-10-27(23,24)11-15(14)21-8-4-5-9-21/h2-3,6-7,12,14-15,20H,4-5,8-11H2,1H3,(H,19,22)/t12-,14?,15?/m0/s1. The van der Waals surface area contributed by atoms with Crippen LogP contribution in [0.4, 0.5) is 4.39 Å². The topological polar surface area (TPSA) is 113 Å². The summed E-state index contributed by atoms with van der Waals surface area (Å²) < 4.78 is 64.8. The van der Waals surface area contributed by atoms with Crippen molar-refractivity contribution in [1.82, 2.24) is 14.9 Å². The Balaban J connectivity index is 1.68. The number of halogens is 1. The molecule has 0 saturated carbocycles. The fourth-order valence-corrected chi connectivity index (χ4v) is 6.95. The zero-order valence-electron chi connectivity index (χ0n) is 15.5. The minimum atomic E-state index is -4.24. The first-order valence-corrected chi connectivity index (χ1v) is 12.4. The van der Waals surface area contributed by atoms with Crippen molar-refractivity contribution in [3.63, 3.8) is 0 Å². The van der Waals surface area contributed by atoms with Gasteiger partial charge in [0.1, 0.15) is 10.7 Å². The molecule has 28 heavy (non-hydrogen) atoms. The summed E-state index contributed by atoms with van der Waals surface area (Å²) >= 11 is 0. The van der Waals surface area contributed by atoms with Gasteiger partial charge >= 0.3 is 0 Å². The summed E-state index contributed by atoms with van der Waals surface area (Å²) in [6.07, 6.45) is 1.96. The van der Waals surface area contributed by atoms with E-state index in [0.717, 1.165) is 38.1 Å². The highest BCUT2D eigenvalue weighted by molar-refractivity contribution is 7.91. The molecule has 2 unspecified atom stereocenters. The maximum absolute atomic E-state index is 13.8. The van der Waals surface area contributed by atoms with Crippen molar-refractivity contribution in [3.8, 4) is 0 Å². The molecular weight excluding hydrogens is 409 g/mol. The lowest BCUT2D eigenvalue weighted by Gasteiger charge is -2.29. The highest BCUT2D eigenvalue weighted by Gasteiger charge is 2.42. The summed E-state index contributed by atoms with van der Waals surface area (Å²) in [4.78, 5) is 14.0. The van der Waals surface area contributed by atoms with Crippen LogP contribution in [0.3, 0.4) is 0 Å². The summed E-state index contributed by atoms with van der Waals surface area (Å²) in [5.41, 5.74) is 0. The van der Waals surface area contributed by atoms with Crippen molar-refractivity contribution in [2.45, 2.75) is 42.8 Å². The number of hydrogen-bond acceptors (Lipinski definition) is 6. The molecule has 11 heteroatoms. The molecule has 8 nitrogen and oxygen atoms in total. The molecule has 2 aliphatic heterocycles. The minimum Gasteiger partial charge on any atom is -0.349 e. The van der Waals surface area contributed by atoms with Crippen molar-refractivity contribution in [2.24, 2.45) is 0 Å². The van der Waals surface area contributed by atoms with Crippen molar-refractivity contribution >= 4 is 25.8 Å². The monoisotopic (exact) mass is 433 g/mol. The number of hydrogen-bond donors (Lipinski definition) is 2. The van der Waals surface area contributed by atoms with E-state index in [1.165, 1.54) is 19.1 Å². The molecule has 1 aromatic carbocycles. The highest BCUT2D eigenvalue weighted by atomic mass is 32.2. The summed E-state index contributed by atoms with van der Waals surface area (Å²) in [7, 11) is -7.52. The van der Waals surface area contributed by atoms with E-state index in [4.69, 9.17) is 0 Å². The number of nitrogens with zero attached hydrogens (tertiary/aromatic N) is 1. The number of nitrogens with one attached hydrogen (secondary N) is 2. The molecule has 1 aromatic rings. The SMILES string of the molecule is C[C@H](NS(=O)(=O)c1ccccc1F)C(=O)NC1CS(=O)(=O)CC1N1CCCC1. The molecule has 2 aliphatic rings. The third-order valence-corrected chi connectivity index (χ3v) is 8.40. The van der Waals surface area contributed by atoms with Crippen LogP contribution in [-0.2, 0) is 24.7 Å². The lowest BCUT2D eigenvalue weighted by atomic mass is 10.1. The summed E-state index contributed by atoms with van der Waals surface area (Å²) in [6, 6.07) is 2.77. The van der Waals surface area contributed by atoms with Gasteiger partial charge in [-0.15, -0.1) is 0 Å². The molecule has 0 aromatic heterocycles. The average molecular weight is 434 g/mol. The van der Waals surface area contributed by atoms with E-state index < -0.39 is 48.6 Å². The van der Waals surface area contributed by atoms with E-state index in [1.807, 2.05) is 0 Å². The summed E-state index contributed by atoms with van der Waals surface area (Å²) in [5.74, 6) is -1.76. The normalized spacial score (nSPS) is 26.2. The van der Waals surface area contributed by atoms with Crippen LogP contribution in [0.15, 0.2) is 29.2 Å². The fraction of sp³-hybridized carbons (Fsp3) is 0.588. The number of amides is 1. The molecule has 0 spiro atoms. The molecule has 3 rings (SSSR count). The molecule has 156 valence electrons. The van der Waals surface area contributed by atoms with Crippen molar-refractivity contribution in [3.05, 3.63) is 30.1 Å². The molecule has 0 radical (unpaired) electrons. The summed E-state index contributed by atoms with van der Waals surface area (Å²) in [5, 5.41) is 2.67. The second-order valence-corrected chi connectivity index (χ2v) is 11.1. The van der Waals surface area contributed by atoms with Gasteiger partial charge in [-0.05, 0) is 45.0 Å². The Morgan fingerprint density at radius 1 is 1.21 bits per heavy atom. The molecule has 2 N–H and O–H groups in total. The molecule has 2 fully saturated rings. The Morgan fingerprint density at radius 2 is 1.86 bits per heavy atom. The lowest BCUT2D eigenvalue weighted by molar-refractivity contribution is -0.123. The molecule has 2 saturated heterocycles. The van der Waals surface area contributed by atoms with Crippen molar-refractivity contribution in [2.75, 3.05) is 24.6 Å². The van der Waals surface area contributed by atoms with Gasteiger partial charge in [-0.1, -0.05) is 12.1 Å². The van der Waals surface area contributed by atoms with Crippen LogP contribution in [0.2, 0.25) is 0 Å². The Morgan fingerprint density at radius 3 is 2.50 bits per heavy atom. The van der Waals surface area contributed by atoms with Crippen LogP contribution in [0, 0.1) is 5.82 Å². The number of benzene rings is 1. The number of carbonyl (C=O) groups excluding carboxylic acids is 1. The van der Waals surface area contributed by atoms with Crippen LogP contribution in [0.5, 0.6) is 0 Å². The Kier molecular flexibility index (Phi) is 6.08. The smallest absolute Gasteiger partial charge is 0.244 e. The predicted octanol–water partition coefficient (Wildman–Crippen LogP) is -0.130. The van der Waals surface area contributed by atoms with Gasteiger partial charge in [0.25, 0.3) is 0 Å².